The Labute approximate surface area is 144 Å². The van der Waals surface area contributed by atoms with Crippen molar-refractivity contribution in [3.8, 4) is 17.1 Å². The van der Waals surface area contributed by atoms with Gasteiger partial charge in [-0.3, -0.25) is 0 Å². The second-order valence-corrected chi connectivity index (χ2v) is 6.71. The van der Waals surface area contributed by atoms with E-state index in [9.17, 15) is 4.39 Å². The maximum atomic E-state index is 13.0. The second kappa shape index (κ2) is 7.05. The number of nitrogens with zero attached hydrogens (tertiary/aromatic N) is 3. The lowest BCUT2D eigenvalue weighted by Crippen LogP contribution is -1.97. The van der Waals surface area contributed by atoms with Crippen LogP contribution in [-0.2, 0) is 7.05 Å². The van der Waals surface area contributed by atoms with E-state index in [1.807, 2.05) is 35.9 Å². The highest BCUT2D eigenvalue weighted by molar-refractivity contribution is 7.99. The van der Waals surface area contributed by atoms with Gasteiger partial charge in [0.15, 0.2) is 11.0 Å². The lowest BCUT2D eigenvalue weighted by molar-refractivity contribution is 0.415. The summed E-state index contributed by atoms with van der Waals surface area (Å²) in [6, 6.07) is 14.3. The zero-order chi connectivity index (χ0) is 17.1. The van der Waals surface area contributed by atoms with Gasteiger partial charge in [-0.1, -0.05) is 23.9 Å². The molecule has 6 heteroatoms. The summed E-state index contributed by atoms with van der Waals surface area (Å²) in [7, 11) is 3.59. The standard InChI is InChI=1S/C18H18FN3OS/c1-12(13-4-8-15(19)9-5-13)24-18-21-20-17(22(18)2)14-6-10-16(23-3)11-7-14/h4-12H,1-3H3/t12-/m0/s1. The van der Waals surface area contributed by atoms with Crippen LogP contribution in [0.4, 0.5) is 4.39 Å². The van der Waals surface area contributed by atoms with Crippen molar-refractivity contribution in [3.05, 3.63) is 59.9 Å². The van der Waals surface area contributed by atoms with E-state index in [0.717, 1.165) is 27.9 Å². The van der Waals surface area contributed by atoms with Crippen LogP contribution in [-0.4, -0.2) is 21.9 Å². The molecule has 3 aromatic rings. The molecule has 124 valence electrons. The zero-order valence-corrected chi connectivity index (χ0v) is 14.5. The van der Waals surface area contributed by atoms with Crippen molar-refractivity contribution in [2.24, 2.45) is 7.05 Å². The summed E-state index contributed by atoms with van der Waals surface area (Å²) in [5.74, 6) is 1.38. The number of methoxy groups -OCH3 is 1. The average Bonchev–Trinajstić information content (AvgIpc) is 2.96. The predicted octanol–water partition coefficient (Wildman–Crippen LogP) is 4.48. The van der Waals surface area contributed by atoms with Gasteiger partial charge in [-0.15, -0.1) is 10.2 Å². The minimum Gasteiger partial charge on any atom is -0.497 e. The maximum absolute atomic E-state index is 13.0. The molecule has 0 aliphatic carbocycles. The fraction of sp³-hybridized carbons (Fsp3) is 0.222. The summed E-state index contributed by atoms with van der Waals surface area (Å²) in [4.78, 5) is 0. The molecule has 1 aromatic heterocycles. The highest BCUT2D eigenvalue weighted by atomic mass is 32.2. The lowest BCUT2D eigenvalue weighted by atomic mass is 10.2. The van der Waals surface area contributed by atoms with Gasteiger partial charge in [-0.25, -0.2) is 4.39 Å². The van der Waals surface area contributed by atoms with Gasteiger partial charge in [0.05, 0.1) is 7.11 Å². The lowest BCUT2D eigenvalue weighted by Gasteiger charge is -2.11. The van der Waals surface area contributed by atoms with Gasteiger partial charge >= 0.3 is 0 Å². The van der Waals surface area contributed by atoms with Crippen LogP contribution < -0.4 is 4.74 Å². The molecule has 0 amide bonds. The van der Waals surface area contributed by atoms with Crippen LogP contribution in [0.1, 0.15) is 17.7 Å². The Morgan fingerprint density at radius 3 is 2.33 bits per heavy atom. The Kier molecular flexibility index (Phi) is 4.85. The highest BCUT2D eigenvalue weighted by Crippen LogP contribution is 2.35. The molecule has 0 aliphatic rings. The van der Waals surface area contributed by atoms with Crippen molar-refractivity contribution in [2.75, 3.05) is 7.11 Å². The average molecular weight is 343 g/mol. The van der Waals surface area contributed by atoms with Crippen molar-refractivity contribution in [2.45, 2.75) is 17.3 Å². The molecule has 0 saturated heterocycles. The van der Waals surface area contributed by atoms with Crippen LogP contribution in [0.5, 0.6) is 5.75 Å². The summed E-state index contributed by atoms with van der Waals surface area (Å²) in [6.07, 6.45) is 0. The Balaban J connectivity index is 1.80. The largest absolute Gasteiger partial charge is 0.497 e. The predicted molar refractivity (Wildman–Crippen MR) is 93.7 cm³/mol. The molecule has 1 heterocycles. The van der Waals surface area contributed by atoms with E-state index in [2.05, 4.69) is 17.1 Å². The SMILES string of the molecule is COc1ccc(-c2nnc(S[C@@H](C)c3ccc(F)cc3)n2C)cc1. The van der Waals surface area contributed by atoms with Crippen molar-refractivity contribution < 1.29 is 9.13 Å². The molecule has 0 radical (unpaired) electrons. The van der Waals surface area contributed by atoms with Gasteiger partial charge in [0.2, 0.25) is 0 Å². The first kappa shape index (κ1) is 16.5. The monoisotopic (exact) mass is 343 g/mol. The van der Waals surface area contributed by atoms with E-state index in [1.54, 1.807) is 31.0 Å². The molecule has 0 saturated carbocycles. The third kappa shape index (κ3) is 3.43. The molecule has 0 aliphatic heterocycles. The zero-order valence-electron chi connectivity index (χ0n) is 13.7. The fourth-order valence-electron chi connectivity index (χ4n) is 2.37. The first-order valence-electron chi connectivity index (χ1n) is 7.54. The van der Waals surface area contributed by atoms with Crippen molar-refractivity contribution in [1.29, 1.82) is 0 Å². The molecule has 0 unspecified atom stereocenters. The molecule has 3 rings (SSSR count). The third-order valence-corrected chi connectivity index (χ3v) is 5.00. The van der Waals surface area contributed by atoms with Gasteiger partial charge in [-0.05, 0) is 48.9 Å². The van der Waals surface area contributed by atoms with Crippen molar-refractivity contribution in [1.82, 2.24) is 14.8 Å². The molecule has 0 bridgehead atoms. The van der Waals surface area contributed by atoms with E-state index in [1.165, 1.54) is 12.1 Å². The summed E-state index contributed by atoms with van der Waals surface area (Å²) >= 11 is 1.59. The summed E-state index contributed by atoms with van der Waals surface area (Å²) in [5.41, 5.74) is 2.03. The number of halogens is 1. The maximum Gasteiger partial charge on any atom is 0.191 e. The first-order chi connectivity index (χ1) is 11.6. The van der Waals surface area contributed by atoms with Crippen LogP contribution in [0.3, 0.4) is 0 Å². The van der Waals surface area contributed by atoms with Gasteiger partial charge in [0, 0.05) is 17.9 Å². The fourth-order valence-corrected chi connectivity index (χ4v) is 3.31. The Bertz CT molecular complexity index is 815. The van der Waals surface area contributed by atoms with Crippen molar-refractivity contribution >= 4 is 11.8 Å². The molecule has 24 heavy (non-hydrogen) atoms. The number of hydrogen-bond donors (Lipinski definition) is 0. The minimum absolute atomic E-state index is 0.150. The van der Waals surface area contributed by atoms with Gasteiger partial charge in [0.1, 0.15) is 11.6 Å². The number of ether oxygens (including phenoxy) is 1. The van der Waals surface area contributed by atoms with E-state index < -0.39 is 0 Å². The van der Waals surface area contributed by atoms with Gasteiger partial charge in [-0.2, -0.15) is 0 Å². The van der Waals surface area contributed by atoms with E-state index in [0.29, 0.717) is 0 Å². The van der Waals surface area contributed by atoms with Crippen LogP contribution in [0.25, 0.3) is 11.4 Å². The Morgan fingerprint density at radius 1 is 1.04 bits per heavy atom. The molecule has 2 aromatic carbocycles. The van der Waals surface area contributed by atoms with Crippen LogP contribution in [0.15, 0.2) is 53.7 Å². The van der Waals surface area contributed by atoms with Gasteiger partial charge < -0.3 is 9.30 Å². The Hall–Kier alpha value is -2.34. The molecule has 0 spiro atoms. The topological polar surface area (TPSA) is 39.9 Å². The number of benzene rings is 2. The van der Waals surface area contributed by atoms with Crippen LogP contribution >= 0.6 is 11.8 Å². The number of aromatic nitrogens is 3. The number of thioether (sulfide) groups is 1. The van der Waals surface area contributed by atoms with Gasteiger partial charge in [0.25, 0.3) is 0 Å². The molecule has 4 nitrogen and oxygen atoms in total. The highest BCUT2D eigenvalue weighted by Gasteiger charge is 2.15. The number of rotatable bonds is 5. The van der Waals surface area contributed by atoms with E-state index in [-0.39, 0.29) is 11.1 Å². The summed E-state index contributed by atoms with van der Waals surface area (Å²) in [5, 5.41) is 9.55. The van der Waals surface area contributed by atoms with E-state index >= 15 is 0 Å². The van der Waals surface area contributed by atoms with Crippen LogP contribution in [0.2, 0.25) is 0 Å². The molecular formula is C18H18FN3OS. The molecule has 0 N–H and O–H groups in total. The van der Waals surface area contributed by atoms with E-state index in [4.69, 9.17) is 4.74 Å². The summed E-state index contributed by atoms with van der Waals surface area (Å²) in [6.45, 7) is 2.07. The Morgan fingerprint density at radius 2 is 1.71 bits per heavy atom. The summed E-state index contributed by atoms with van der Waals surface area (Å²) < 4.78 is 20.2. The quantitative estimate of drug-likeness (QED) is 0.640. The normalized spacial score (nSPS) is 12.2. The smallest absolute Gasteiger partial charge is 0.191 e. The molecule has 0 fully saturated rings. The number of hydrogen-bond acceptors (Lipinski definition) is 4. The molecule has 1 atom stereocenters. The first-order valence-corrected chi connectivity index (χ1v) is 8.42. The van der Waals surface area contributed by atoms with Crippen molar-refractivity contribution in [3.63, 3.8) is 0 Å². The second-order valence-electron chi connectivity index (χ2n) is 5.41. The minimum atomic E-state index is -0.226. The third-order valence-electron chi connectivity index (χ3n) is 3.80. The molecular weight excluding hydrogens is 325 g/mol. The van der Waals surface area contributed by atoms with Crippen LogP contribution in [0, 0.1) is 5.82 Å².